The molecule has 2 aromatic carbocycles. The summed E-state index contributed by atoms with van der Waals surface area (Å²) in [7, 11) is 1.55. The van der Waals surface area contributed by atoms with E-state index in [1.54, 1.807) is 50.4 Å². The molecule has 1 amide bonds. The van der Waals surface area contributed by atoms with Gasteiger partial charge in [-0.2, -0.15) is 0 Å². The van der Waals surface area contributed by atoms with E-state index in [9.17, 15) is 9.59 Å². The fraction of sp³-hybridized carbons (Fsp3) is 0.263. The van der Waals surface area contributed by atoms with Crippen molar-refractivity contribution in [3.05, 3.63) is 58.6 Å². The minimum Gasteiger partial charge on any atom is -0.495 e. The van der Waals surface area contributed by atoms with Crippen molar-refractivity contribution < 1.29 is 19.4 Å². The molecule has 0 aliphatic rings. The molecule has 0 aliphatic heterocycles. The van der Waals surface area contributed by atoms with Crippen LogP contribution in [0.5, 0.6) is 5.75 Å². The molecule has 25 heavy (non-hydrogen) atoms. The van der Waals surface area contributed by atoms with Gasteiger partial charge in [-0.15, -0.1) is 0 Å². The number of aryl methyl sites for hydroxylation is 1. The second kappa shape index (κ2) is 8.53. The van der Waals surface area contributed by atoms with E-state index in [1.807, 2.05) is 6.07 Å². The standard InChI is InChI=1S/C19H20ClNO4/c1-12(19(23)24)14-4-3-5-15(11-14)21-18(22)9-7-13-6-8-17(25-2)16(20)10-13/h3-6,8,10-12H,7,9H2,1-2H3,(H,21,22)(H,23,24). The van der Waals surface area contributed by atoms with Crippen molar-refractivity contribution in [2.45, 2.75) is 25.7 Å². The van der Waals surface area contributed by atoms with E-state index in [0.29, 0.717) is 34.9 Å². The van der Waals surface area contributed by atoms with E-state index < -0.39 is 11.9 Å². The number of carboxylic acids is 1. The summed E-state index contributed by atoms with van der Waals surface area (Å²) in [5.41, 5.74) is 2.17. The number of ether oxygens (including phenoxy) is 1. The van der Waals surface area contributed by atoms with Gasteiger partial charge in [0, 0.05) is 12.1 Å². The lowest BCUT2D eigenvalue weighted by Gasteiger charge is -2.10. The van der Waals surface area contributed by atoms with Crippen molar-refractivity contribution in [2.24, 2.45) is 0 Å². The second-order valence-corrected chi connectivity index (χ2v) is 6.11. The van der Waals surface area contributed by atoms with Gasteiger partial charge in [0.2, 0.25) is 5.91 Å². The number of methoxy groups -OCH3 is 1. The first-order chi connectivity index (χ1) is 11.9. The smallest absolute Gasteiger partial charge is 0.310 e. The maximum atomic E-state index is 12.1. The number of aliphatic carboxylic acids is 1. The molecule has 132 valence electrons. The summed E-state index contributed by atoms with van der Waals surface area (Å²) in [6.45, 7) is 1.61. The molecular weight excluding hydrogens is 342 g/mol. The molecule has 0 bridgehead atoms. The first-order valence-electron chi connectivity index (χ1n) is 7.85. The molecule has 1 atom stereocenters. The second-order valence-electron chi connectivity index (χ2n) is 5.70. The van der Waals surface area contributed by atoms with Crippen LogP contribution in [0.3, 0.4) is 0 Å². The van der Waals surface area contributed by atoms with Crippen LogP contribution in [0.15, 0.2) is 42.5 Å². The lowest BCUT2D eigenvalue weighted by molar-refractivity contribution is -0.138. The highest BCUT2D eigenvalue weighted by Gasteiger charge is 2.14. The first kappa shape index (κ1) is 18.8. The third-order valence-electron chi connectivity index (χ3n) is 3.90. The highest BCUT2D eigenvalue weighted by molar-refractivity contribution is 6.32. The van der Waals surface area contributed by atoms with Crippen LogP contribution in [-0.2, 0) is 16.0 Å². The van der Waals surface area contributed by atoms with Gasteiger partial charge in [0.1, 0.15) is 5.75 Å². The number of rotatable bonds is 7. The maximum Gasteiger partial charge on any atom is 0.310 e. The highest BCUT2D eigenvalue weighted by atomic mass is 35.5. The number of benzene rings is 2. The molecule has 1 unspecified atom stereocenters. The van der Waals surface area contributed by atoms with E-state index in [4.69, 9.17) is 21.4 Å². The number of amides is 1. The first-order valence-corrected chi connectivity index (χ1v) is 8.23. The maximum absolute atomic E-state index is 12.1. The molecule has 6 heteroatoms. The molecule has 0 radical (unpaired) electrons. The van der Waals surface area contributed by atoms with Crippen molar-refractivity contribution in [1.29, 1.82) is 0 Å². The largest absolute Gasteiger partial charge is 0.495 e. The minimum atomic E-state index is -0.903. The van der Waals surface area contributed by atoms with Gasteiger partial charge in [-0.1, -0.05) is 29.8 Å². The van der Waals surface area contributed by atoms with E-state index in [2.05, 4.69) is 5.32 Å². The Morgan fingerprint density at radius 1 is 1.24 bits per heavy atom. The molecule has 2 aromatic rings. The number of hydrogen-bond acceptors (Lipinski definition) is 3. The number of carbonyl (C=O) groups excluding carboxylic acids is 1. The van der Waals surface area contributed by atoms with Gasteiger partial charge < -0.3 is 15.2 Å². The third-order valence-corrected chi connectivity index (χ3v) is 4.19. The van der Waals surface area contributed by atoms with Crippen molar-refractivity contribution in [2.75, 3.05) is 12.4 Å². The summed E-state index contributed by atoms with van der Waals surface area (Å²) in [6, 6.07) is 12.3. The summed E-state index contributed by atoms with van der Waals surface area (Å²) in [5.74, 6) is -1.08. The number of carboxylic acid groups (broad SMARTS) is 1. The lowest BCUT2D eigenvalue weighted by atomic mass is 10.0. The van der Waals surface area contributed by atoms with Crippen molar-refractivity contribution in [3.63, 3.8) is 0 Å². The lowest BCUT2D eigenvalue weighted by Crippen LogP contribution is -2.13. The van der Waals surface area contributed by atoms with Crippen LogP contribution in [0, 0.1) is 0 Å². The average molecular weight is 362 g/mol. The molecule has 0 saturated heterocycles. The normalized spacial score (nSPS) is 11.6. The molecule has 0 heterocycles. The van der Waals surface area contributed by atoms with Crippen LogP contribution in [0.2, 0.25) is 5.02 Å². The van der Waals surface area contributed by atoms with Gasteiger partial charge in [0.15, 0.2) is 0 Å². The van der Waals surface area contributed by atoms with Crippen molar-refractivity contribution in [1.82, 2.24) is 0 Å². The minimum absolute atomic E-state index is 0.146. The van der Waals surface area contributed by atoms with Crippen LogP contribution >= 0.6 is 11.6 Å². The Kier molecular flexibility index (Phi) is 6.42. The van der Waals surface area contributed by atoms with E-state index >= 15 is 0 Å². The quantitative estimate of drug-likeness (QED) is 0.778. The predicted octanol–water partition coefficient (Wildman–Crippen LogP) is 4.11. The highest BCUT2D eigenvalue weighted by Crippen LogP contribution is 2.25. The van der Waals surface area contributed by atoms with Crippen molar-refractivity contribution in [3.8, 4) is 5.75 Å². The van der Waals surface area contributed by atoms with Crippen LogP contribution in [0.1, 0.15) is 30.4 Å². The molecule has 0 aromatic heterocycles. The fourth-order valence-corrected chi connectivity index (χ4v) is 2.66. The van der Waals surface area contributed by atoms with Crippen LogP contribution in [0.4, 0.5) is 5.69 Å². The Bertz CT molecular complexity index is 776. The number of anilines is 1. The number of nitrogens with one attached hydrogen (secondary N) is 1. The van der Waals surface area contributed by atoms with Crippen LogP contribution in [-0.4, -0.2) is 24.1 Å². The van der Waals surface area contributed by atoms with E-state index in [1.165, 1.54) is 0 Å². The Labute approximate surface area is 151 Å². The zero-order chi connectivity index (χ0) is 18.4. The Hall–Kier alpha value is -2.53. The number of halogens is 1. The molecule has 0 spiro atoms. The monoisotopic (exact) mass is 361 g/mol. The zero-order valence-electron chi connectivity index (χ0n) is 14.1. The Morgan fingerprint density at radius 3 is 2.64 bits per heavy atom. The summed E-state index contributed by atoms with van der Waals surface area (Å²) in [6.07, 6.45) is 0.835. The van der Waals surface area contributed by atoms with Gasteiger partial charge >= 0.3 is 5.97 Å². The van der Waals surface area contributed by atoms with Crippen LogP contribution < -0.4 is 10.1 Å². The zero-order valence-corrected chi connectivity index (χ0v) is 14.8. The third kappa shape index (κ3) is 5.22. The summed E-state index contributed by atoms with van der Waals surface area (Å²) >= 11 is 6.07. The van der Waals surface area contributed by atoms with E-state index in [-0.39, 0.29) is 5.91 Å². The van der Waals surface area contributed by atoms with E-state index in [0.717, 1.165) is 5.56 Å². The average Bonchev–Trinajstić information content (AvgIpc) is 2.59. The summed E-state index contributed by atoms with van der Waals surface area (Å²) in [5, 5.41) is 12.4. The van der Waals surface area contributed by atoms with Gasteiger partial charge in [0.05, 0.1) is 18.1 Å². The van der Waals surface area contributed by atoms with Gasteiger partial charge in [-0.25, -0.2) is 0 Å². The predicted molar refractivity (Wildman–Crippen MR) is 97.4 cm³/mol. The Balaban J connectivity index is 1.95. The molecule has 0 fully saturated rings. The molecule has 5 nitrogen and oxygen atoms in total. The Morgan fingerprint density at radius 2 is 2.00 bits per heavy atom. The molecular formula is C19H20ClNO4. The van der Waals surface area contributed by atoms with Gasteiger partial charge in [-0.05, 0) is 48.7 Å². The fourth-order valence-electron chi connectivity index (χ4n) is 2.38. The molecule has 0 aliphatic carbocycles. The van der Waals surface area contributed by atoms with Crippen LogP contribution in [0.25, 0.3) is 0 Å². The summed E-state index contributed by atoms with van der Waals surface area (Å²) < 4.78 is 5.10. The van der Waals surface area contributed by atoms with Gasteiger partial charge in [0.25, 0.3) is 0 Å². The molecule has 2 N–H and O–H groups in total. The topological polar surface area (TPSA) is 75.6 Å². The SMILES string of the molecule is COc1ccc(CCC(=O)Nc2cccc(C(C)C(=O)O)c2)cc1Cl. The number of carbonyl (C=O) groups is 2. The summed E-state index contributed by atoms with van der Waals surface area (Å²) in [4.78, 5) is 23.2. The van der Waals surface area contributed by atoms with Crippen molar-refractivity contribution >= 4 is 29.2 Å². The molecule has 0 saturated carbocycles. The molecule has 2 rings (SSSR count). The number of hydrogen-bond donors (Lipinski definition) is 2. The van der Waals surface area contributed by atoms with Gasteiger partial charge in [-0.3, -0.25) is 9.59 Å².